The minimum atomic E-state index is -3.35. The number of sulfonamides is 1. The van der Waals surface area contributed by atoms with Crippen LogP contribution in [0.3, 0.4) is 0 Å². The molecule has 0 radical (unpaired) electrons. The van der Waals surface area contributed by atoms with E-state index in [0.29, 0.717) is 12.8 Å². The lowest BCUT2D eigenvalue weighted by atomic mass is 9.82. The zero-order valence-electron chi connectivity index (χ0n) is 10.4. The molecule has 0 aliphatic heterocycles. The highest BCUT2D eigenvalue weighted by Crippen LogP contribution is 2.33. The van der Waals surface area contributed by atoms with Crippen LogP contribution < -0.4 is 10.5 Å². The van der Waals surface area contributed by atoms with Crippen LogP contribution in [0.15, 0.2) is 5.16 Å². The summed E-state index contributed by atoms with van der Waals surface area (Å²) in [5.41, 5.74) is 4.84. The van der Waals surface area contributed by atoms with Crippen LogP contribution in [-0.4, -0.2) is 30.8 Å². The van der Waals surface area contributed by atoms with E-state index < -0.39 is 15.6 Å². The molecule has 7 heteroatoms. The first kappa shape index (κ1) is 13.6. The van der Waals surface area contributed by atoms with Crippen molar-refractivity contribution in [3.05, 3.63) is 0 Å². The number of nitrogens with one attached hydrogen (secondary N) is 1. The Bertz CT molecular complexity index is 423. The van der Waals surface area contributed by atoms with E-state index in [1.54, 1.807) is 0 Å². The molecule has 0 amide bonds. The fourth-order valence-electron chi connectivity index (χ4n) is 2.60. The monoisotopic (exact) mass is 275 g/mol. The SMILES string of the molecule is NC(=NO)C1(NS(=O)(=O)CC2CC2)CCCCC1. The quantitative estimate of drug-likeness (QED) is 0.298. The van der Waals surface area contributed by atoms with Gasteiger partial charge in [-0.3, -0.25) is 0 Å². The van der Waals surface area contributed by atoms with Crippen molar-refractivity contribution < 1.29 is 13.6 Å². The minimum absolute atomic E-state index is 0.0124. The van der Waals surface area contributed by atoms with Crippen molar-refractivity contribution in [1.29, 1.82) is 0 Å². The van der Waals surface area contributed by atoms with Crippen LogP contribution in [0.4, 0.5) is 0 Å². The summed E-state index contributed by atoms with van der Waals surface area (Å²) in [7, 11) is -3.35. The Kier molecular flexibility index (Phi) is 3.82. The second kappa shape index (κ2) is 5.05. The lowest BCUT2D eigenvalue weighted by Crippen LogP contribution is -2.58. The molecule has 0 spiro atoms. The molecule has 104 valence electrons. The molecule has 0 aromatic rings. The Morgan fingerprint density at radius 1 is 1.33 bits per heavy atom. The van der Waals surface area contributed by atoms with E-state index in [4.69, 9.17) is 10.9 Å². The number of nitrogens with two attached hydrogens (primary N) is 1. The van der Waals surface area contributed by atoms with E-state index in [2.05, 4.69) is 9.88 Å². The summed E-state index contributed by atoms with van der Waals surface area (Å²) in [6.07, 6.45) is 6.02. The molecule has 2 aliphatic carbocycles. The molecule has 18 heavy (non-hydrogen) atoms. The molecule has 2 rings (SSSR count). The maximum Gasteiger partial charge on any atom is 0.212 e. The third kappa shape index (κ3) is 3.14. The topological polar surface area (TPSA) is 105 Å². The first-order valence-electron chi connectivity index (χ1n) is 6.47. The first-order chi connectivity index (χ1) is 8.47. The highest BCUT2D eigenvalue weighted by atomic mass is 32.2. The zero-order valence-corrected chi connectivity index (χ0v) is 11.2. The Morgan fingerprint density at radius 2 is 1.94 bits per heavy atom. The van der Waals surface area contributed by atoms with Crippen LogP contribution in [0.5, 0.6) is 0 Å². The van der Waals surface area contributed by atoms with E-state index in [1.807, 2.05) is 0 Å². The lowest BCUT2D eigenvalue weighted by molar-refractivity contribution is 0.294. The number of nitrogens with zero attached hydrogens (tertiary/aromatic N) is 1. The van der Waals surface area contributed by atoms with Gasteiger partial charge in [0.15, 0.2) is 5.84 Å². The first-order valence-corrected chi connectivity index (χ1v) is 8.12. The van der Waals surface area contributed by atoms with Gasteiger partial charge in [0.2, 0.25) is 10.0 Å². The number of hydrogen-bond acceptors (Lipinski definition) is 4. The molecular weight excluding hydrogens is 254 g/mol. The lowest BCUT2D eigenvalue weighted by Gasteiger charge is -2.36. The van der Waals surface area contributed by atoms with Gasteiger partial charge in [0, 0.05) is 0 Å². The number of hydrogen-bond donors (Lipinski definition) is 3. The van der Waals surface area contributed by atoms with E-state index >= 15 is 0 Å². The van der Waals surface area contributed by atoms with E-state index in [0.717, 1.165) is 32.1 Å². The normalized spacial score (nSPS) is 25.0. The maximum atomic E-state index is 12.1. The minimum Gasteiger partial charge on any atom is -0.409 e. The summed E-state index contributed by atoms with van der Waals surface area (Å²) in [6.45, 7) is 0. The maximum absolute atomic E-state index is 12.1. The van der Waals surface area contributed by atoms with Gasteiger partial charge in [-0.25, -0.2) is 13.1 Å². The van der Waals surface area contributed by atoms with Gasteiger partial charge < -0.3 is 10.9 Å². The largest absolute Gasteiger partial charge is 0.409 e. The second-order valence-corrected chi connectivity index (χ2v) is 7.22. The highest BCUT2D eigenvalue weighted by molar-refractivity contribution is 7.89. The molecule has 0 aromatic heterocycles. The van der Waals surface area contributed by atoms with Crippen molar-refractivity contribution in [2.24, 2.45) is 16.8 Å². The summed E-state index contributed by atoms with van der Waals surface area (Å²) >= 11 is 0. The molecular formula is C11H21N3O3S. The second-order valence-electron chi connectivity index (χ2n) is 5.45. The molecule has 0 atom stereocenters. The van der Waals surface area contributed by atoms with Gasteiger partial charge in [0.1, 0.15) is 0 Å². The van der Waals surface area contributed by atoms with Crippen molar-refractivity contribution >= 4 is 15.9 Å². The average molecular weight is 275 g/mol. The number of oxime groups is 1. The molecule has 0 bridgehead atoms. The van der Waals surface area contributed by atoms with Crippen LogP contribution in [0.1, 0.15) is 44.9 Å². The molecule has 0 saturated heterocycles. The number of amidine groups is 1. The summed E-state index contributed by atoms with van der Waals surface area (Å²) in [4.78, 5) is 0. The van der Waals surface area contributed by atoms with Gasteiger partial charge in [-0.15, -0.1) is 0 Å². The van der Waals surface area contributed by atoms with Gasteiger partial charge in [0.25, 0.3) is 0 Å². The Balaban J connectivity index is 2.13. The van der Waals surface area contributed by atoms with Gasteiger partial charge in [-0.2, -0.15) is 0 Å². The summed E-state index contributed by atoms with van der Waals surface area (Å²) in [5, 5.41) is 11.9. The molecule has 2 saturated carbocycles. The fourth-order valence-corrected chi connectivity index (χ4v) is 4.54. The van der Waals surface area contributed by atoms with Crippen molar-refractivity contribution in [2.45, 2.75) is 50.5 Å². The zero-order chi connectivity index (χ0) is 13.2. The Morgan fingerprint density at radius 3 is 2.44 bits per heavy atom. The predicted molar refractivity (Wildman–Crippen MR) is 68.9 cm³/mol. The van der Waals surface area contributed by atoms with Gasteiger partial charge in [-0.1, -0.05) is 24.4 Å². The smallest absolute Gasteiger partial charge is 0.212 e. The van der Waals surface area contributed by atoms with Gasteiger partial charge in [0.05, 0.1) is 11.3 Å². The van der Waals surface area contributed by atoms with Crippen molar-refractivity contribution in [3.8, 4) is 0 Å². The van der Waals surface area contributed by atoms with Gasteiger partial charge in [-0.05, 0) is 31.6 Å². The summed E-state index contributed by atoms with van der Waals surface area (Å²) in [5.74, 6) is 0.435. The standard InChI is InChI=1S/C11H21N3O3S/c12-10(13-15)11(6-2-1-3-7-11)14-18(16,17)8-9-4-5-9/h9,14-15H,1-8H2,(H2,12,13). The van der Waals surface area contributed by atoms with Gasteiger partial charge >= 0.3 is 0 Å². The van der Waals surface area contributed by atoms with Crippen LogP contribution in [-0.2, 0) is 10.0 Å². The van der Waals surface area contributed by atoms with E-state index in [9.17, 15) is 8.42 Å². The van der Waals surface area contributed by atoms with Crippen LogP contribution in [0.25, 0.3) is 0 Å². The summed E-state index contributed by atoms with van der Waals surface area (Å²) in [6, 6.07) is 0. The number of rotatable bonds is 5. The van der Waals surface area contributed by atoms with E-state index in [-0.39, 0.29) is 17.5 Å². The highest BCUT2D eigenvalue weighted by Gasteiger charge is 2.41. The van der Waals surface area contributed by atoms with E-state index in [1.165, 1.54) is 0 Å². The molecule has 2 aliphatic rings. The van der Waals surface area contributed by atoms with Crippen LogP contribution in [0, 0.1) is 5.92 Å². The van der Waals surface area contributed by atoms with Crippen molar-refractivity contribution in [1.82, 2.24) is 4.72 Å². The average Bonchev–Trinajstić information content (AvgIpc) is 3.11. The third-order valence-electron chi connectivity index (χ3n) is 3.81. The molecule has 0 unspecified atom stereocenters. The molecule has 0 heterocycles. The molecule has 4 N–H and O–H groups in total. The fraction of sp³-hybridized carbons (Fsp3) is 0.909. The predicted octanol–water partition coefficient (Wildman–Crippen LogP) is 0.765. The Hall–Kier alpha value is -0.820. The third-order valence-corrected chi connectivity index (χ3v) is 5.42. The van der Waals surface area contributed by atoms with Crippen molar-refractivity contribution in [3.63, 3.8) is 0 Å². The summed E-state index contributed by atoms with van der Waals surface area (Å²) < 4.78 is 26.8. The molecule has 0 aromatic carbocycles. The van der Waals surface area contributed by atoms with Crippen LogP contribution in [0.2, 0.25) is 0 Å². The van der Waals surface area contributed by atoms with Crippen molar-refractivity contribution in [2.75, 3.05) is 5.75 Å². The Labute approximate surface area is 108 Å². The molecule has 2 fully saturated rings. The molecule has 6 nitrogen and oxygen atoms in total. The van der Waals surface area contributed by atoms with Crippen LogP contribution >= 0.6 is 0 Å².